The van der Waals surface area contributed by atoms with Crippen molar-refractivity contribution in [2.75, 3.05) is 0 Å². The molecule has 0 spiro atoms. The molecule has 0 saturated heterocycles. The van der Waals surface area contributed by atoms with Crippen LogP contribution in [0.25, 0.3) is 0 Å². The van der Waals surface area contributed by atoms with Crippen molar-refractivity contribution in [3.05, 3.63) is 236 Å². The summed E-state index contributed by atoms with van der Waals surface area (Å²) in [7, 11) is 0. The van der Waals surface area contributed by atoms with Crippen LogP contribution in [-0.2, 0) is 0 Å². The first kappa shape index (κ1) is 75.9. The molecule has 7 aromatic carbocycles. The highest BCUT2D eigenvalue weighted by atomic mass is 19.2. The maximum atomic E-state index is 13.4. The van der Waals surface area contributed by atoms with Crippen LogP contribution in [0.3, 0.4) is 0 Å². The fraction of sp³-hybridized carbons (Fsp3) is 0.432. The Balaban J connectivity index is 0.000000490. The Bertz CT molecular complexity index is 2210. The van der Waals surface area contributed by atoms with Crippen LogP contribution < -0.4 is 0 Å². The van der Waals surface area contributed by atoms with Gasteiger partial charge in [0.15, 0.2) is 11.6 Å². The quantitative estimate of drug-likeness (QED) is 0.133. The average molecular weight is 1180 g/mol. The van der Waals surface area contributed by atoms with E-state index in [9.17, 15) is 43.9 Å². The van der Waals surface area contributed by atoms with Crippen LogP contribution in [0.4, 0.5) is 43.9 Å². The second-order valence-corrected chi connectivity index (χ2v) is 23.1. The monoisotopic (exact) mass is 1170 g/mol. The lowest BCUT2D eigenvalue weighted by molar-refractivity contribution is 0.495. The largest absolute Gasteiger partial charge is 0.206 e. The van der Waals surface area contributed by atoms with Gasteiger partial charge in [-0.1, -0.05) is 0 Å². The molecular formula is C74H96F10. The van der Waals surface area contributed by atoms with Gasteiger partial charge >= 0.3 is 0 Å². The highest BCUT2D eigenvalue weighted by molar-refractivity contribution is 5.49. The maximum absolute atomic E-state index is 13.4. The molecule has 7 aromatic rings. The number of halogens is 10. The lowest BCUT2D eigenvalue weighted by Gasteiger charge is -2.15. The maximum Gasteiger partial charge on any atom is 0.162 e. The summed E-state index contributed by atoms with van der Waals surface area (Å²) in [5, 5.41) is 0. The van der Waals surface area contributed by atoms with Crippen LogP contribution in [0.5, 0.6) is 0 Å². The molecular weight excluding hydrogens is 1080 g/mol. The molecule has 84 heavy (non-hydrogen) atoms. The van der Waals surface area contributed by atoms with Gasteiger partial charge in [-0.05, 0) is 388 Å². The van der Waals surface area contributed by atoms with Gasteiger partial charge < -0.3 is 0 Å². The van der Waals surface area contributed by atoms with Crippen molar-refractivity contribution in [2.45, 2.75) is 222 Å². The molecule has 0 unspecified atom stereocenters. The van der Waals surface area contributed by atoms with Crippen molar-refractivity contribution >= 4 is 0 Å². The third-order valence-corrected chi connectivity index (χ3v) is 19.1. The van der Waals surface area contributed by atoms with Gasteiger partial charge in [-0.25, -0.2) is 43.9 Å². The van der Waals surface area contributed by atoms with E-state index in [1.54, 1.807) is 96.9 Å². The molecule has 0 atom stereocenters. The average Bonchev–Trinajstić information content (AvgIpc) is 3.50. The Morgan fingerprint density at radius 1 is 0.0833 bits per heavy atom. The zero-order valence-corrected chi connectivity index (χ0v) is 56.8. The molecule has 0 aromatic heterocycles. The second kappa shape index (κ2) is 30.8. The lowest BCUT2D eigenvalue weighted by atomic mass is 9.90. The van der Waals surface area contributed by atoms with Crippen LogP contribution in [0.2, 0.25) is 0 Å². The van der Waals surface area contributed by atoms with Crippen molar-refractivity contribution in [3.8, 4) is 0 Å². The molecule has 0 aliphatic carbocycles. The zero-order chi connectivity index (χ0) is 66.2. The summed E-state index contributed by atoms with van der Waals surface area (Å²) in [5.41, 5.74) is 26.6. The highest BCUT2D eigenvalue weighted by Gasteiger charge is 2.18. The number of benzene rings is 7. The van der Waals surface area contributed by atoms with Gasteiger partial charge in [0.05, 0.1) is 0 Å². The van der Waals surface area contributed by atoms with Gasteiger partial charge in [-0.15, -0.1) is 0 Å². The Morgan fingerprint density at radius 3 is 0.262 bits per heavy atom. The lowest BCUT2D eigenvalue weighted by Crippen LogP contribution is -2.00. The van der Waals surface area contributed by atoms with Crippen molar-refractivity contribution < 1.29 is 43.9 Å². The molecule has 0 nitrogen and oxygen atoms in total. The van der Waals surface area contributed by atoms with Gasteiger partial charge in [-0.2, -0.15) is 0 Å². The standard InChI is InChI=1S/C12H18.2C11H15F.4C10H12F2/c1-7-8(2)10(4)12(6)11(5)9(7)3;2*1-6-7(2)9(4)11(12)10(5)8(6)3;1-5-6(2)10(12)8(4)7(3)9(5)11;2*1-5-6(2)9(11)8(4)10(12)7(5)3;1-5-6(2)8(4)10(12)9(11)7(5)3/h1-6H3;2*1-5H3;4*1-4H3. The Morgan fingerprint density at radius 2 is 0.143 bits per heavy atom. The molecule has 0 aliphatic rings. The van der Waals surface area contributed by atoms with E-state index >= 15 is 0 Å². The predicted molar refractivity (Wildman–Crippen MR) is 336 cm³/mol. The minimum absolute atomic E-state index is 0.0457. The van der Waals surface area contributed by atoms with Crippen LogP contribution in [-0.4, -0.2) is 0 Å². The van der Waals surface area contributed by atoms with Crippen LogP contribution >= 0.6 is 0 Å². The molecule has 0 aliphatic heterocycles. The molecule has 7 rings (SSSR count). The SMILES string of the molecule is Cc1c(C)c(C)c(C)c(C)c1C.Cc1c(C)c(C)c(F)c(C)c1C.Cc1c(C)c(C)c(F)c(C)c1C.Cc1c(C)c(C)c(F)c(F)c1C.Cc1c(C)c(F)c(C)c(C)c1F.Cc1c(C)c(F)c(C)c(F)c1C.Cc1c(C)c(F)c(C)c(F)c1C. The van der Waals surface area contributed by atoms with E-state index in [0.29, 0.717) is 66.8 Å². The van der Waals surface area contributed by atoms with E-state index in [2.05, 4.69) is 41.5 Å². The van der Waals surface area contributed by atoms with Gasteiger partial charge in [0.25, 0.3) is 0 Å². The first-order chi connectivity index (χ1) is 38.2. The topological polar surface area (TPSA) is 0 Å². The Labute approximate surface area is 499 Å². The highest BCUT2D eigenvalue weighted by Crippen LogP contribution is 2.30. The van der Waals surface area contributed by atoms with Gasteiger partial charge in [-0.3, -0.25) is 0 Å². The first-order valence-electron chi connectivity index (χ1n) is 28.4. The Kier molecular flexibility index (Phi) is 27.8. The summed E-state index contributed by atoms with van der Waals surface area (Å²) >= 11 is 0. The molecule has 0 saturated carbocycles. The molecule has 0 heterocycles. The summed E-state index contributed by atoms with van der Waals surface area (Å²) in [5.74, 6) is -3.77. The normalized spacial score (nSPS) is 10.5. The summed E-state index contributed by atoms with van der Waals surface area (Å²) < 4.78 is 132. The van der Waals surface area contributed by atoms with E-state index in [1.165, 1.54) is 58.4 Å². The first-order valence-corrected chi connectivity index (χ1v) is 28.4. The van der Waals surface area contributed by atoms with Crippen LogP contribution in [0, 0.1) is 280 Å². The molecule has 0 N–H and O–H groups in total. The van der Waals surface area contributed by atoms with Crippen LogP contribution in [0.1, 0.15) is 178 Å². The summed E-state index contributed by atoms with van der Waals surface area (Å²) in [6, 6.07) is 0. The minimum Gasteiger partial charge on any atom is -0.206 e. The Hall–Kier alpha value is -6.16. The molecule has 10 heteroatoms. The fourth-order valence-electron chi connectivity index (χ4n) is 9.58. The smallest absolute Gasteiger partial charge is 0.162 e. The van der Waals surface area contributed by atoms with E-state index in [0.717, 1.165) is 55.6 Å². The number of hydrogen-bond donors (Lipinski definition) is 0. The third kappa shape index (κ3) is 16.2. The number of hydrogen-bond acceptors (Lipinski definition) is 0. The molecule has 462 valence electrons. The second-order valence-electron chi connectivity index (χ2n) is 23.1. The van der Waals surface area contributed by atoms with Crippen LogP contribution in [0.15, 0.2) is 0 Å². The van der Waals surface area contributed by atoms with E-state index in [1.807, 2.05) is 69.2 Å². The summed E-state index contributed by atoms with van der Waals surface area (Å²) in [6.45, 7) is 58.9. The van der Waals surface area contributed by atoms with Crippen molar-refractivity contribution in [1.29, 1.82) is 0 Å². The predicted octanol–water partition coefficient (Wildman–Crippen LogP) is 23.1. The van der Waals surface area contributed by atoms with Gasteiger partial charge in [0, 0.05) is 11.1 Å². The van der Waals surface area contributed by atoms with E-state index < -0.39 is 34.9 Å². The number of rotatable bonds is 0. The van der Waals surface area contributed by atoms with Gasteiger partial charge in [0.1, 0.15) is 46.5 Å². The zero-order valence-electron chi connectivity index (χ0n) is 56.8. The molecule has 0 fully saturated rings. The van der Waals surface area contributed by atoms with Crippen molar-refractivity contribution in [3.63, 3.8) is 0 Å². The van der Waals surface area contributed by atoms with E-state index in [-0.39, 0.29) is 34.4 Å². The van der Waals surface area contributed by atoms with Crippen molar-refractivity contribution in [1.82, 2.24) is 0 Å². The summed E-state index contributed by atoms with van der Waals surface area (Å²) in [6.07, 6.45) is 0. The fourth-order valence-corrected chi connectivity index (χ4v) is 9.58. The summed E-state index contributed by atoms with van der Waals surface area (Å²) in [4.78, 5) is 0. The third-order valence-electron chi connectivity index (χ3n) is 19.1. The van der Waals surface area contributed by atoms with E-state index in [4.69, 9.17) is 0 Å². The van der Waals surface area contributed by atoms with Crippen molar-refractivity contribution in [2.24, 2.45) is 0 Å². The van der Waals surface area contributed by atoms with Gasteiger partial charge in [0.2, 0.25) is 0 Å². The minimum atomic E-state index is -0.712. The molecule has 0 radical (unpaired) electrons. The molecule has 0 amide bonds. The molecule has 0 bridgehead atoms.